The number of hydrogen-bond donors (Lipinski definition) is 1. The minimum Gasteiger partial charge on any atom is -0.350 e. The molecule has 0 bridgehead atoms. The zero-order chi connectivity index (χ0) is 11.5. The maximum absolute atomic E-state index is 6.02. The Labute approximate surface area is 101 Å². The van der Waals surface area contributed by atoms with Crippen LogP contribution in [0.5, 0.6) is 0 Å². The van der Waals surface area contributed by atoms with Crippen molar-refractivity contribution in [3.05, 3.63) is 71.8 Å². The van der Waals surface area contributed by atoms with Crippen molar-refractivity contribution in [2.24, 2.45) is 0 Å². The Hall–Kier alpha value is -1.64. The van der Waals surface area contributed by atoms with Crippen LogP contribution in [0.15, 0.2) is 60.7 Å². The average molecular weight is 225 g/mol. The molecule has 1 aliphatic rings. The van der Waals surface area contributed by atoms with Crippen LogP contribution in [0.3, 0.4) is 0 Å². The standard InChI is InChI=1S/C15H15NO/c1-3-7-12(8-4-1)14-11-16-15(17-14)13-9-5-2-6-10-13/h1-10,14-16H,11H2/t14-,15+/m1/s1. The van der Waals surface area contributed by atoms with Crippen LogP contribution in [0.1, 0.15) is 23.5 Å². The molecule has 1 aliphatic heterocycles. The predicted molar refractivity (Wildman–Crippen MR) is 67.5 cm³/mol. The molecule has 2 heteroatoms. The van der Waals surface area contributed by atoms with E-state index in [4.69, 9.17) is 4.74 Å². The maximum atomic E-state index is 6.02. The molecule has 0 radical (unpaired) electrons. The van der Waals surface area contributed by atoms with Crippen LogP contribution in [0, 0.1) is 0 Å². The van der Waals surface area contributed by atoms with Gasteiger partial charge in [-0.1, -0.05) is 60.7 Å². The van der Waals surface area contributed by atoms with Gasteiger partial charge in [-0.05, 0) is 11.1 Å². The first-order chi connectivity index (χ1) is 8.43. The zero-order valence-electron chi connectivity index (χ0n) is 9.54. The molecule has 0 aliphatic carbocycles. The Morgan fingerprint density at radius 2 is 1.41 bits per heavy atom. The lowest BCUT2D eigenvalue weighted by Gasteiger charge is -2.13. The number of nitrogens with one attached hydrogen (secondary N) is 1. The summed E-state index contributed by atoms with van der Waals surface area (Å²) in [6.07, 6.45) is 0.169. The monoisotopic (exact) mass is 225 g/mol. The molecule has 2 atom stereocenters. The average Bonchev–Trinajstić information content (AvgIpc) is 2.90. The third-order valence-electron chi connectivity index (χ3n) is 3.06. The van der Waals surface area contributed by atoms with Gasteiger partial charge in [0.1, 0.15) is 6.23 Å². The molecule has 1 N–H and O–H groups in total. The van der Waals surface area contributed by atoms with Crippen LogP contribution in [0.25, 0.3) is 0 Å². The van der Waals surface area contributed by atoms with Gasteiger partial charge in [0.15, 0.2) is 0 Å². The van der Waals surface area contributed by atoms with E-state index in [0.717, 1.165) is 6.54 Å². The molecule has 2 nitrogen and oxygen atoms in total. The summed E-state index contributed by atoms with van der Waals surface area (Å²) in [5.74, 6) is 0. The highest BCUT2D eigenvalue weighted by Crippen LogP contribution is 2.29. The maximum Gasteiger partial charge on any atom is 0.135 e. The van der Waals surface area contributed by atoms with Gasteiger partial charge < -0.3 is 4.74 Å². The molecule has 17 heavy (non-hydrogen) atoms. The number of hydrogen-bond acceptors (Lipinski definition) is 2. The number of ether oxygens (including phenoxy) is 1. The minimum absolute atomic E-state index is 0.0152. The van der Waals surface area contributed by atoms with Crippen molar-refractivity contribution in [1.29, 1.82) is 0 Å². The zero-order valence-corrected chi connectivity index (χ0v) is 9.54. The molecular weight excluding hydrogens is 210 g/mol. The van der Waals surface area contributed by atoms with E-state index >= 15 is 0 Å². The van der Waals surface area contributed by atoms with E-state index in [1.807, 2.05) is 24.3 Å². The van der Waals surface area contributed by atoms with Crippen molar-refractivity contribution in [3.8, 4) is 0 Å². The van der Waals surface area contributed by atoms with Gasteiger partial charge in [-0.3, -0.25) is 5.32 Å². The first kappa shape index (κ1) is 10.5. The fraction of sp³-hybridized carbons (Fsp3) is 0.200. The fourth-order valence-electron chi connectivity index (χ4n) is 2.16. The molecule has 1 fully saturated rings. The second-order valence-corrected chi connectivity index (χ2v) is 4.23. The van der Waals surface area contributed by atoms with E-state index in [9.17, 15) is 0 Å². The van der Waals surface area contributed by atoms with Gasteiger partial charge in [0.25, 0.3) is 0 Å². The van der Waals surface area contributed by atoms with Crippen LogP contribution in [0.4, 0.5) is 0 Å². The molecule has 1 heterocycles. The van der Waals surface area contributed by atoms with E-state index < -0.39 is 0 Å². The van der Waals surface area contributed by atoms with E-state index in [2.05, 4.69) is 41.7 Å². The Kier molecular flexibility index (Phi) is 2.90. The first-order valence-electron chi connectivity index (χ1n) is 5.92. The number of benzene rings is 2. The summed E-state index contributed by atoms with van der Waals surface area (Å²) in [5, 5.41) is 3.40. The summed E-state index contributed by atoms with van der Waals surface area (Å²) in [6, 6.07) is 20.6. The highest BCUT2D eigenvalue weighted by Gasteiger charge is 2.26. The van der Waals surface area contributed by atoms with Gasteiger partial charge in [-0.25, -0.2) is 0 Å². The van der Waals surface area contributed by atoms with E-state index in [-0.39, 0.29) is 12.3 Å². The summed E-state index contributed by atoms with van der Waals surface area (Å²) in [6.45, 7) is 0.865. The van der Waals surface area contributed by atoms with Crippen LogP contribution >= 0.6 is 0 Å². The second-order valence-electron chi connectivity index (χ2n) is 4.23. The van der Waals surface area contributed by atoms with Crippen molar-refractivity contribution in [2.75, 3.05) is 6.54 Å². The largest absolute Gasteiger partial charge is 0.350 e. The smallest absolute Gasteiger partial charge is 0.135 e. The van der Waals surface area contributed by atoms with Gasteiger partial charge in [0.05, 0.1) is 6.10 Å². The summed E-state index contributed by atoms with van der Waals surface area (Å²) in [7, 11) is 0. The highest BCUT2D eigenvalue weighted by atomic mass is 16.5. The Morgan fingerprint density at radius 1 is 0.824 bits per heavy atom. The Morgan fingerprint density at radius 3 is 2.06 bits per heavy atom. The second kappa shape index (κ2) is 4.70. The molecule has 0 amide bonds. The van der Waals surface area contributed by atoms with Crippen LogP contribution in [-0.4, -0.2) is 6.54 Å². The molecular formula is C15H15NO. The molecule has 0 spiro atoms. The SMILES string of the molecule is c1ccc([C@H]2CN[C@H](c3ccccc3)O2)cc1. The minimum atomic E-state index is 0.0152. The van der Waals surface area contributed by atoms with Crippen molar-refractivity contribution in [3.63, 3.8) is 0 Å². The quantitative estimate of drug-likeness (QED) is 0.848. The lowest BCUT2D eigenvalue weighted by molar-refractivity contribution is 0.0405. The lowest BCUT2D eigenvalue weighted by Crippen LogP contribution is -2.13. The van der Waals surface area contributed by atoms with Gasteiger partial charge >= 0.3 is 0 Å². The summed E-state index contributed by atoms with van der Waals surface area (Å²) in [5.41, 5.74) is 2.42. The Bertz CT molecular complexity index is 423. The third kappa shape index (κ3) is 2.23. The Balaban J connectivity index is 1.75. The fourth-order valence-corrected chi connectivity index (χ4v) is 2.16. The van der Waals surface area contributed by atoms with Crippen LogP contribution in [0.2, 0.25) is 0 Å². The van der Waals surface area contributed by atoms with Crippen LogP contribution in [-0.2, 0) is 4.74 Å². The van der Waals surface area contributed by atoms with E-state index in [1.54, 1.807) is 0 Å². The van der Waals surface area contributed by atoms with Gasteiger partial charge in [0, 0.05) is 6.54 Å². The summed E-state index contributed by atoms with van der Waals surface area (Å²) in [4.78, 5) is 0. The van der Waals surface area contributed by atoms with Crippen molar-refractivity contribution in [1.82, 2.24) is 5.32 Å². The van der Waals surface area contributed by atoms with Gasteiger partial charge in [-0.2, -0.15) is 0 Å². The molecule has 0 aromatic heterocycles. The summed E-state index contributed by atoms with van der Waals surface area (Å²) >= 11 is 0. The molecule has 1 saturated heterocycles. The van der Waals surface area contributed by atoms with Crippen LogP contribution < -0.4 is 5.32 Å². The van der Waals surface area contributed by atoms with E-state index in [1.165, 1.54) is 11.1 Å². The highest BCUT2D eigenvalue weighted by molar-refractivity contribution is 5.22. The molecule has 2 aromatic rings. The first-order valence-corrected chi connectivity index (χ1v) is 5.92. The molecule has 2 aromatic carbocycles. The van der Waals surface area contributed by atoms with Crippen molar-refractivity contribution in [2.45, 2.75) is 12.3 Å². The molecule has 3 rings (SSSR count). The number of rotatable bonds is 2. The lowest BCUT2D eigenvalue weighted by atomic mass is 10.1. The van der Waals surface area contributed by atoms with Gasteiger partial charge in [0.2, 0.25) is 0 Å². The van der Waals surface area contributed by atoms with Crippen molar-refractivity contribution >= 4 is 0 Å². The summed E-state index contributed by atoms with van der Waals surface area (Å²) < 4.78 is 6.02. The molecule has 0 unspecified atom stereocenters. The van der Waals surface area contributed by atoms with Crippen molar-refractivity contribution < 1.29 is 4.74 Å². The van der Waals surface area contributed by atoms with E-state index in [0.29, 0.717) is 0 Å². The molecule has 86 valence electrons. The normalized spacial score (nSPS) is 23.8. The predicted octanol–water partition coefficient (Wildman–Crippen LogP) is 3.05. The van der Waals surface area contributed by atoms with Gasteiger partial charge in [-0.15, -0.1) is 0 Å². The molecule has 0 saturated carbocycles. The third-order valence-corrected chi connectivity index (χ3v) is 3.06. The topological polar surface area (TPSA) is 21.3 Å².